The molecule has 10 rings (SSSR count). The van der Waals surface area contributed by atoms with E-state index in [1.807, 2.05) is 13.8 Å². The predicted octanol–water partition coefficient (Wildman–Crippen LogP) is 6.07. The first-order chi connectivity index (χ1) is 44.4. The molecule has 508 valence electrons. The Labute approximate surface area is 552 Å². The Bertz CT molecular complexity index is 3840. The van der Waals surface area contributed by atoms with Crippen LogP contribution in [-0.4, -0.2) is 166 Å². The predicted molar refractivity (Wildman–Crippen MR) is 352 cm³/mol. The number of anilines is 3. The number of hydrogen-bond acceptors (Lipinski definition) is 15. The van der Waals surface area contributed by atoms with E-state index in [9.17, 15) is 57.5 Å². The molecule has 5 atom stereocenters. The van der Waals surface area contributed by atoms with Gasteiger partial charge in [-0.15, -0.1) is 23.2 Å². The molecule has 28 nitrogen and oxygen atoms in total. The number of aromatic amines is 2. The topological polar surface area (TPSA) is 410 Å². The normalized spacial score (nSPS) is 19.8. The Morgan fingerprint density at radius 1 is 0.787 bits per heavy atom. The number of halogens is 2. The Hall–Kier alpha value is -7.98. The average Bonchev–Trinajstić information content (AvgIpc) is 0.940. The summed E-state index contributed by atoms with van der Waals surface area (Å²) in [5.41, 5.74) is 19.5. The number of primary amides is 1. The maximum Gasteiger partial charge on any atom is 0.524 e. The zero-order valence-corrected chi connectivity index (χ0v) is 55.9. The van der Waals surface area contributed by atoms with Crippen LogP contribution >= 0.6 is 31.0 Å². The van der Waals surface area contributed by atoms with Crippen molar-refractivity contribution < 1.29 is 71.5 Å². The molecular formula is C63H82Cl2N13O15P. The number of phosphoric ester groups is 1. The Morgan fingerprint density at radius 2 is 1.32 bits per heavy atom. The van der Waals surface area contributed by atoms with Gasteiger partial charge in [-0.05, 0) is 125 Å². The molecule has 2 bridgehead atoms. The van der Waals surface area contributed by atoms with Crippen molar-refractivity contribution in [2.24, 2.45) is 33.9 Å². The summed E-state index contributed by atoms with van der Waals surface area (Å²) in [6.45, 7) is 9.10. The van der Waals surface area contributed by atoms with Gasteiger partial charge in [0.2, 0.25) is 29.5 Å². The summed E-state index contributed by atoms with van der Waals surface area (Å²) in [7, 11) is -1.99. The van der Waals surface area contributed by atoms with Gasteiger partial charge in [-0.1, -0.05) is 26.0 Å². The molecule has 5 aliphatic rings. The highest BCUT2D eigenvalue weighted by molar-refractivity contribution is 7.46. The van der Waals surface area contributed by atoms with Crippen molar-refractivity contribution in [1.82, 2.24) is 35.7 Å². The number of urea groups is 1. The standard InChI is InChI=1S/C63H82Cl2N13O15P/c1-33(2)50(74-55(82)63(68,36(5)79)16-8-9-17-66)54(81)73-41(11-10-18-69-58(67)85)53(80)72-40-14-12-37(13-15-40)29-91-59(86)75(6)19-20-76(7)60(87)92-44-21-42-48(46-34(3)25-70-51(44)46)38(23-64)27-77(42)56(83)61-30-62(31-61,32-61)57(84)78-28-39(24-65)49-43(78)22-45(93-94(88,89)90)52-47(49)35(4)26-71-52/h12-15,21-22,25-26,33,38-39,41,50,70-71H,8-11,16-20,23-24,27-32,66,68H2,1-7H3,(H,72,80)(H,73,81)(H,74,82)(H3,67,69,85)(H2,88,89,90)/t38-,39-,41+,50+,61?,62?,63-/m1/s1. The van der Waals surface area contributed by atoms with Gasteiger partial charge in [-0.2, -0.15) is 0 Å². The minimum Gasteiger partial charge on any atom is -0.445 e. The van der Waals surface area contributed by atoms with Gasteiger partial charge in [0.15, 0.2) is 22.8 Å². The van der Waals surface area contributed by atoms with E-state index in [0.29, 0.717) is 58.4 Å². The van der Waals surface area contributed by atoms with Crippen LogP contribution in [0.15, 0.2) is 48.8 Å². The fraction of sp³-hybridized carbons (Fsp3) is 0.508. The molecule has 0 radical (unpaired) electrons. The summed E-state index contributed by atoms with van der Waals surface area (Å²) in [5, 5.41) is 12.0. The quantitative estimate of drug-likeness (QED) is 0.0117. The average molecular weight is 1360 g/mol. The minimum absolute atomic E-state index is 0.0116. The van der Waals surface area contributed by atoms with E-state index in [1.165, 1.54) is 36.9 Å². The highest BCUT2D eigenvalue weighted by Gasteiger charge is 2.76. The molecule has 3 fully saturated rings. The molecule has 0 saturated heterocycles. The van der Waals surface area contributed by atoms with Gasteiger partial charge in [-0.25, -0.2) is 18.9 Å². The zero-order valence-electron chi connectivity index (χ0n) is 53.5. The lowest BCUT2D eigenvalue weighted by Crippen LogP contribution is -2.73. The SMILES string of the molecule is CC(=O)[C@](N)(CCCCN)C(=O)N[C@H](C(=O)N[C@@H](CCCNC(N)=O)C(=O)Nc1ccc(COC(=O)N(C)CCN(C)C(=O)Oc2cc3c(c4c(C)c[nH]c24)[C@H](CCl)CN3C(=O)C23CC(C(=O)N4C[C@@H](CCl)c5c4cc(OP(=O)(O)O)c4[nH]cc(C)c54)(C2)C3)cc1)C(C)C. The molecule has 3 saturated carbocycles. The van der Waals surface area contributed by atoms with Crippen molar-refractivity contribution in [3.05, 3.63) is 76.6 Å². The number of nitrogens with one attached hydrogen (secondary N) is 6. The second-order valence-electron chi connectivity index (χ2n) is 25.7. The number of benzene rings is 3. The van der Waals surface area contributed by atoms with Gasteiger partial charge in [0.25, 0.3) is 0 Å². The van der Waals surface area contributed by atoms with Crippen LogP contribution < -0.4 is 57.5 Å². The zero-order chi connectivity index (χ0) is 68.5. The number of alkyl halides is 2. The number of carbonyl (C=O) groups excluding carboxylic acids is 9. The number of aryl methyl sites for hydroxylation is 2. The van der Waals surface area contributed by atoms with E-state index in [2.05, 4.69) is 31.2 Å². The number of Topliss-reactive ketones (excluding diaryl/α,β-unsaturated/α-hetero) is 1. The van der Waals surface area contributed by atoms with E-state index in [0.717, 1.165) is 27.6 Å². The molecule has 4 heterocycles. The fourth-order valence-corrected chi connectivity index (χ4v) is 14.3. The lowest BCUT2D eigenvalue weighted by molar-refractivity contribution is -0.205. The van der Waals surface area contributed by atoms with Gasteiger partial charge in [0.1, 0.15) is 18.7 Å². The molecule has 0 unspecified atom stereocenters. The van der Waals surface area contributed by atoms with Crippen LogP contribution in [0.25, 0.3) is 21.8 Å². The van der Waals surface area contributed by atoms with Crippen molar-refractivity contribution in [3.8, 4) is 11.5 Å². The minimum atomic E-state index is -4.99. The van der Waals surface area contributed by atoms with E-state index in [-0.39, 0.29) is 125 Å². The van der Waals surface area contributed by atoms with Gasteiger partial charge in [0.05, 0.1) is 33.2 Å². The van der Waals surface area contributed by atoms with Crippen molar-refractivity contribution in [3.63, 3.8) is 0 Å². The van der Waals surface area contributed by atoms with Crippen LogP contribution in [-0.2, 0) is 44.7 Å². The lowest BCUT2D eigenvalue weighted by Gasteiger charge is -2.69. The van der Waals surface area contributed by atoms with Gasteiger partial charge in [-0.3, -0.25) is 38.6 Å². The van der Waals surface area contributed by atoms with Crippen LogP contribution in [0.2, 0.25) is 0 Å². The Kier molecular flexibility index (Phi) is 21.1. The maximum atomic E-state index is 14.9. The summed E-state index contributed by atoms with van der Waals surface area (Å²) < 4.78 is 28.9. The lowest BCUT2D eigenvalue weighted by atomic mass is 9.34. The molecule has 2 aliphatic heterocycles. The van der Waals surface area contributed by atoms with Crippen LogP contribution in [0.4, 0.5) is 31.4 Å². The number of ether oxygens (including phenoxy) is 2. The summed E-state index contributed by atoms with van der Waals surface area (Å²) in [6, 6.07) is 6.37. The van der Waals surface area contributed by atoms with E-state index in [4.69, 9.17) is 54.4 Å². The molecule has 2 aromatic heterocycles. The number of fused-ring (bicyclic) bond motifs is 6. The van der Waals surface area contributed by atoms with Crippen LogP contribution in [0, 0.1) is 30.6 Å². The number of nitrogens with two attached hydrogens (primary N) is 3. The largest absolute Gasteiger partial charge is 0.524 e. The Balaban J connectivity index is 0.791. The number of likely N-dealkylation sites (N-methyl/N-ethyl adjacent to an activating group) is 2. The van der Waals surface area contributed by atoms with Gasteiger partial charge >= 0.3 is 26.0 Å². The molecule has 94 heavy (non-hydrogen) atoms. The summed E-state index contributed by atoms with van der Waals surface area (Å²) >= 11 is 13.2. The number of unbranched alkanes of at least 4 members (excludes halogenated alkanes) is 1. The number of rotatable bonds is 28. The molecule has 3 aliphatic carbocycles. The highest BCUT2D eigenvalue weighted by atomic mass is 35.5. The van der Waals surface area contributed by atoms with Crippen LogP contribution in [0.5, 0.6) is 11.5 Å². The highest BCUT2D eigenvalue weighted by Crippen LogP contribution is 2.75. The number of carbonyl (C=O) groups is 9. The van der Waals surface area contributed by atoms with Crippen LogP contribution in [0.1, 0.15) is 112 Å². The maximum absolute atomic E-state index is 14.9. The number of aromatic nitrogens is 2. The van der Waals surface area contributed by atoms with E-state index < -0.39 is 83.9 Å². The summed E-state index contributed by atoms with van der Waals surface area (Å²) in [4.78, 5) is 154. The molecule has 5 aromatic rings. The monoisotopic (exact) mass is 1360 g/mol. The smallest absolute Gasteiger partial charge is 0.445 e. The first kappa shape index (κ1) is 70.3. The number of nitrogens with zero attached hydrogens (tertiary/aromatic N) is 4. The Morgan fingerprint density at radius 3 is 1.82 bits per heavy atom. The third-order valence-corrected chi connectivity index (χ3v) is 19.7. The molecular weight excluding hydrogens is 1280 g/mol. The third kappa shape index (κ3) is 14.2. The third-order valence-electron chi connectivity index (χ3n) is 18.6. The van der Waals surface area contributed by atoms with Crippen molar-refractivity contribution >= 4 is 123 Å². The van der Waals surface area contributed by atoms with Crippen molar-refractivity contribution in [2.75, 3.05) is 80.2 Å². The first-order valence-electron chi connectivity index (χ1n) is 31.1. The first-order valence-corrected chi connectivity index (χ1v) is 33.7. The van der Waals surface area contributed by atoms with Crippen molar-refractivity contribution in [1.29, 1.82) is 0 Å². The molecule has 31 heteroatoms. The van der Waals surface area contributed by atoms with E-state index >= 15 is 0 Å². The number of hydrogen-bond donors (Lipinski definition) is 11. The molecule has 3 aromatic carbocycles. The molecule has 0 spiro atoms. The fourth-order valence-electron chi connectivity index (χ4n) is 13.4. The number of ketones is 1. The molecule has 9 amide bonds. The number of phosphoric acid groups is 1. The summed E-state index contributed by atoms with van der Waals surface area (Å²) in [6.07, 6.45) is 4.06. The number of amides is 9. The number of H-pyrrole nitrogens is 2. The van der Waals surface area contributed by atoms with Crippen LogP contribution in [0.3, 0.4) is 0 Å². The summed E-state index contributed by atoms with van der Waals surface area (Å²) in [5.74, 6) is -3.79. The molecule has 14 N–H and O–H groups in total. The van der Waals surface area contributed by atoms with Gasteiger partial charge in [0, 0.05) is 111 Å². The second-order valence-corrected chi connectivity index (χ2v) is 27.5. The second kappa shape index (κ2) is 28.1. The van der Waals surface area contributed by atoms with E-state index in [1.54, 1.807) is 66.4 Å². The van der Waals surface area contributed by atoms with Crippen molar-refractivity contribution in [2.45, 2.75) is 122 Å². The van der Waals surface area contributed by atoms with Gasteiger partial charge < -0.3 is 82.0 Å².